The fourth-order valence-electron chi connectivity index (χ4n) is 2.62. The Morgan fingerprint density at radius 3 is 2.95 bits per heavy atom. The standard InChI is InChI=1S/C14H9BrFN3OS/c1-18-5-7-2-9(4-10(16)12(7)17-18)19-6-8-3-11(15)21-13(8)14(19)20/h2-5H,6H2,1H3. The van der Waals surface area contributed by atoms with Crippen LogP contribution in [0, 0.1) is 5.82 Å². The lowest BCUT2D eigenvalue weighted by Crippen LogP contribution is -2.23. The summed E-state index contributed by atoms with van der Waals surface area (Å²) in [5.74, 6) is -0.490. The number of fused-ring (bicyclic) bond motifs is 2. The van der Waals surface area contributed by atoms with E-state index < -0.39 is 5.82 Å². The lowest BCUT2D eigenvalue weighted by molar-refractivity contribution is 0.1000. The van der Waals surface area contributed by atoms with Crippen molar-refractivity contribution in [2.24, 2.45) is 7.05 Å². The maximum absolute atomic E-state index is 14.1. The molecule has 0 spiro atoms. The van der Waals surface area contributed by atoms with Crippen LogP contribution in [-0.4, -0.2) is 15.7 Å². The van der Waals surface area contributed by atoms with E-state index in [9.17, 15) is 9.18 Å². The molecule has 1 aliphatic heterocycles. The molecular weight excluding hydrogens is 357 g/mol. The van der Waals surface area contributed by atoms with Gasteiger partial charge in [-0.05, 0) is 39.7 Å². The zero-order valence-corrected chi connectivity index (χ0v) is 13.3. The van der Waals surface area contributed by atoms with Gasteiger partial charge in [0, 0.05) is 24.3 Å². The van der Waals surface area contributed by atoms with Crippen molar-refractivity contribution in [3.8, 4) is 0 Å². The highest BCUT2D eigenvalue weighted by molar-refractivity contribution is 9.11. The van der Waals surface area contributed by atoms with Crippen LogP contribution in [0.1, 0.15) is 15.2 Å². The molecule has 0 radical (unpaired) electrons. The minimum Gasteiger partial charge on any atom is -0.303 e. The van der Waals surface area contributed by atoms with Crippen molar-refractivity contribution in [2.45, 2.75) is 6.54 Å². The molecule has 0 atom stereocenters. The van der Waals surface area contributed by atoms with Crippen LogP contribution in [0.15, 0.2) is 28.2 Å². The molecule has 1 aromatic carbocycles. The van der Waals surface area contributed by atoms with Crippen LogP contribution in [0.5, 0.6) is 0 Å². The van der Waals surface area contributed by atoms with Crippen molar-refractivity contribution in [2.75, 3.05) is 4.90 Å². The Morgan fingerprint density at radius 2 is 2.19 bits per heavy atom. The number of hydrogen-bond acceptors (Lipinski definition) is 3. The predicted molar refractivity (Wildman–Crippen MR) is 83.2 cm³/mol. The summed E-state index contributed by atoms with van der Waals surface area (Å²) in [4.78, 5) is 14.8. The lowest BCUT2D eigenvalue weighted by Gasteiger charge is -2.16. The zero-order valence-electron chi connectivity index (χ0n) is 10.9. The summed E-state index contributed by atoms with van der Waals surface area (Å²) in [6, 6.07) is 5.12. The Balaban J connectivity index is 1.81. The summed E-state index contributed by atoms with van der Waals surface area (Å²) < 4.78 is 16.6. The molecule has 0 fully saturated rings. The van der Waals surface area contributed by atoms with Gasteiger partial charge in [-0.1, -0.05) is 0 Å². The first-order valence-electron chi connectivity index (χ1n) is 6.26. The normalized spacial score (nSPS) is 14.2. The van der Waals surface area contributed by atoms with Gasteiger partial charge in [0.15, 0.2) is 5.82 Å². The summed E-state index contributed by atoms with van der Waals surface area (Å²) in [6.45, 7) is 0.474. The van der Waals surface area contributed by atoms with Crippen LogP contribution in [0.2, 0.25) is 0 Å². The predicted octanol–water partition coefficient (Wildman–Crippen LogP) is 3.70. The number of rotatable bonds is 1. The molecule has 7 heteroatoms. The van der Waals surface area contributed by atoms with E-state index in [1.165, 1.54) is 17.4 Å². The SMILES string of the molecule is Cn1cc2cc(N3Cc4cc(Br)sc4C3=O)cc(F)c2n1. The van der Waals surface area contributed by atoms with Crippen molar-refractivity contribution in [1.29, 1.82) is 0 Å². The highest BCUT2D eigenvalue weighted by atomic mass is 79.9. The molecule has 0 bridgehead atoms. The number of aryl methyl sites for hydroxylation is 1. The summed E-state index contributed by atoms with van der Waals surface area (Å²) in [7, 11) is 1.75. The minimum atomic E-state index is -0.410. The summed E-state index contributed by atoms with van der Waals surface area (Å²) in [5, 5.41) is 4.77. The van der Waals surface area contributed by atoms with E-state index in [1.807, 2.05) is 6.07 Å². The molecule has 4 rings (SSSR count). The van der Waals surface area contributed by atoms with Crippen molar-refractivity contribution >= 4 is 49.8 Å². The molecule has 106 valence electrons. The molecule has 2 aromatic heterocycles. The van der Waals surface area contributed by atoms with Gasteiger partial charge >= 0.3 is 0 Å². The maximum Gasteiger partial charge on any atom is 0.269 e. The molecular formula is C14H9BrFN3OS. The molecule has 21 heavy (non-hydrogen) atoms. The first-order valence-corrected chi connectivity index (χ1v) is 7.87. The van der Waals surface area contributed by atoms with E-state index >= 15 is 0 Å². The van der Waals surface area contributed by atoms with E-state index in [2.05, 4.69) is 21.0 Å². The molecule has 3 aromatic rings. The van der Waals surface area contributed by atoms with Gasteiger partial charge in [-0.25, -0.2) is 4.39 Å². The molecule has 1 amide bonds. The number of carbonyl (C=O) groups is 1. The molecule has 0 saturated heterocycles. The Labute approximate surface area is 131 Å². The Morgan fingerprint density at radius 1 is 1.38 bits per heavy atom. The van der Waals surface area contributed by atoms with Gasteiger partial charge in [0.05, 0.1) is 15.2 Å². The van der Waals surface area contributed by atoms with E-state index in [-0.39, 0.29) is 5.91 Å². The fourth-order valence-corrected chi connectivity index (χ4v) is 4.23. The average molecular weight is 366 g/mol. The topological polar surface area (TPSA) is 38.1 Å². The minimum absolute atomic E-state index is 0.0802. The number of anilines is 1. The second-order valence-electron chi connectivity index (χ2n) is 4.96. The molecule has 0 aliphatic carbocycles. The smallest absolute Gasteiger partial charge is 0.269 e. The number of halogens is 2. The summed E-state index contributed by atoms with van der Waals surface area (Å²) in [5.41, 5.74) is 1.87. The second-order valence-corrected chi connectivity index (χ2v) is 7.40. The highest BCUT2D eigenvalue weighted by Gasteiger charge is 2.31. The molecule has 0 saturated carbocycles. The van der Waals surface area contributed by atoms with Crippen LogP contribution >= 0.6 is 27.3 Å². The van der Waals surface area contributed by atoms with E-state index in [4.69, 9.17) is 0 Å². The first kappa shape index (κ1) is 13.0. The van der Waals surface area contributed by atoms with Crippen molar-refractivity contribution in [1.82, 2.24) is 9.78 Å². The number of benzene rings is 1. The number of hydrogen-bond donors (Lipinski definition) is 0. The zero-order chi connectivity index (χ0) is 14.7. The van der Waals surface area contributed by atoms with Crippen LogP contribution in [0.4, 0.5) is 10.1 Å². The van der Waals surface area contributed by atoms with Crippen molar-refractivity contribution in [3.05, 3.63) is 44.4 Å². The van der Waals surface area contributed by atoms with Gasteiger partial charge in [0.25, 0.3) is 5.91 Å². The van der Waals surface area contributed by atoms with Gasteiger partial charge in [0.2, 0.25) is 0 Å². The molecule has 4 nitrogen and oxygen atoms in total. The number of amides is 1. The van der Waals surface area contributed by atoms with E-state index in [0.29, 0.717) is 28.0 Å². The first-order chi connectivity index (χ1) is 10.0. The molecule has 3 heterocycles. The van der Waals surface area contributed by atoms with Gasteiger partial charge < -0.3 is 4.90 Å². The molecule has 0 unspecified atom stereocenters. The third-order valence-corrected chi connectivity index (χ3v) is 5.19. The fraction of sp³-hybridized carbons (Fsp3) is 0.143. The molecule has 0 N–H and O–H groups in total. The third kappa shape index (κ3) is 1.91. The third-order valence-electron chi connectivity index (χ3n) is 3.52. The Bertz CT molecular complexity index is 901. The van der Waals surface area contributed by atoms with Crippen molar-refractivity contribution < 1.29 is 9.18 Å². The van der Waals surface area contributed by atoms with Gasteiger partial charge in [0.1, 0.15) is 5.52 Å². The average Bonchev–Trinajstić information content (AvgIpc) is 3.04. The van der Waals surface area contributed by atoms with Gasteiger partial charge in [-0.2, -0.15) is 5.10 Å². The van der Waals surface area contributed by atoms with Crippen LogP contribution in [-0.2, 0) is 13.6 Å². The van der Waals surface area contributed by atoms with Gasteiger partial charge in [-0.15, -0.1) is 11.3 Å². The van der Waals surface area contributed by atoms with Gasteiger partial charge in [-0.3, -0.25) is 9.48 Å². The van der Waals surface area contributed by atoms with E-state index in [1.54, 1.807) is 28.9 Å². The molecule has 1 aliphatic rings. The maximum atomic E-state index is 14.1. The number of carbonyl (C=O) groups excluding carboxylic acids is 1. The van der Waals surface area contributed by atoms with Crippen molar-refractivity contribution in [3.63, 3.8) is 0 Å². The Kier molecular flexibility index (Phi) is 2.71. The number of aromatic nitrogens is 2. The second kappa shape index (κ2) is 4.38. The highest BCUT2D eigenvalue weighted by Crippen LogP contribution is 2.37. The van der Waals surface area contributed by atoms with Crippen LogP contribution in [0.3, 0.4) is 0 Å². The Hall–Kier alpha value is -1.73. The van der Waals surface area contributed by atoms with Crippen LogP contribution in [0.25, 0.3) is 10.9 Å². The summed E-state index contributed by atoms with van der Waals surface area (Å²) in [6.07, 6.45) is 1.74. The summed E-state index contributed by atoms with van der Waals surface area (Å²) >= 11 is 4.80. The largest absolute Gasteiger partial charge is 0.303 e. The van der Waals surface area contributed by atoms with Crippen LogP contribution < -0.4 is 4.90 Å². The number of thiophene rings is 1. The quantitative estimate of drug-likeness (QED) is 0.659. The monoisotopic (exact) mass is 365 g/mol. The number of nitrogens with zero attached hydrogens (tertiary/aromatic N) is 3. The van der Waals surface area contributed by atoms with E-state index in [0.717, 1.165) is 9.35 Å². The lowest BCUT2D eigenvalue weighted by atomic mass is 10.2.